The minimum Gasteiger partial charge on any atom is -0.354 e. The Kier molecular flexibility index (Phi) is 4.86. The van der Waals surface area contributed by atoms with E-state index >= 15 is 0 Å². The average Bonchev–Trinajstić information content (AvgIpc) is 3.23. The van der Waals surface area contributed by atoms with Gasteiger partial charge < -0.3 is 11.1 Å². The maximum atomic E-state index is 12.1. The van der Waals surface area contributed by atoms with Crippen molar-refractivity contribution >= 4 is 29.1 Å². The predicted molar refractivity (Wildman–Crippen MR) is 87.9 cm³/mol. The van der Waals surface area contributed by atoms with Crippen molar-refractivity contribution in [1.29, 1.82) is 0 Å². The molecule has 0 bridgehead atoms. The van der Waals surface area contributed by atoms with E-state index in [0.717, 1.165) is 31.2 Å². The lowest BCUT2D eigenvalue weighted by atomic mass is 9.75. The van der Waals surface area contributed by atoms with Gasteiger partial charge in [-0.05, 0) is 43.4 Å². The van der Waals surface area contributed by atoms with Gasteiger partial charge in [0.25, 0.3) is 0 Å². The van der Waals surface area contributed by atoms with E-state index in [9.17, 15) is 4.79 Å². The van der Waals surface area contributed by atoms with Gasteiger partial charge in [-0.25, -0.2) is 0 Å². The van der Waals surface area contributed by atoms with Gasteiger partial charge in [-0.2, -0.15) is 0 Å². The van der Waals surface area contributed by atoms with Crippen LogP contribution in [0.1, 0.15) is 45.1 Å². The van der Waals surface area contributed by atoms with E-state index in [2.05, 4.69) is 19.2 Å². The number of carbonyl (C=O) groups excluding carboxylic acids is 1. The zero-order valence-electron chi connectivity index (χ0n) is 12.5. The third-order valence-electron chi connectivity index (χ3n) is 4.71. The summed E-state index contributed by atoms with van der Waals surface area (Å²) in [5, 5.41) is 4.11. The standard InChI is InChI=1S/C16H22Cl2N2O/c1-3-15(4-2,10-20-14(21)16(19)7-8-16)11-5-6-12(17)13(18)9-11/h5-6,9H,3-4,7-8,10,19H2,1-2H3,(H,20,21). The Bertz CT molecular complexity index is 537. The van der Waals surface area contributed by atoms with E-state index in [1.54, 1.807) is 0 Å². The Balaban J connectivity index is 2.18. The van der Waals surface area contributed by atoms with Crippen LogP contribution in [0.2, 0.25) is 10.0 Å². The molecular formula is C16H22Cl2N2O. The van der Waals surface area contributed by atoms with Crippen molar-refractivity contribution < 1.29 is 4.79 Å². The molecule has 3 nitrogen and oxygen atoms in total. The number of hydrogen-bond donors (Lipinski definition) is 2. The number of hydrogen-bond acceptors (Lipinski definition) is 2. The van der Waals surface area contributed by atoms with E-state index in [1.165, 1.54) is 0 Å². The second-order valence-corrected chi connectivity index (χ2v) is 6.77. The number of halogens is 2. The molecule has 21 heavy (non-hydrogen) atoms. The van der Waals surface area contributed by atoms with E-state index in [0.29, 0.717) is 16.6 Å². The number of carbonyl (C=O) groups is 1. The van der Waals surface area contributed by atoms with Gasteiger partial charge >= 0.3 is 0 Å². The fourth-order valence-corrected chi connectivity index (χ4v) is 2.92. The molecule has 0 heterocycles. The first-order chi connectivity index (χ1) is 9.87. The number of nitrogens with one attached hydrogen (secondary N) is 1. The van der Waals surface area contributed by atoms with Crippen molar-refractivity contribution in [2.45, 2.75) is 50.5 Å². The minimum atomic E-state index is -0.634. The van der Waals surface area contributed by atoms with E-state index < -0.39 is 5.54 Å². The Labute approximate surface area is 136 Å². The van der Waals surface area contributed by atoms with Gasteiger partial charge in [0.05, 0.1) is 15.6 Å². The fraction of sp³-hybridized carbons (Fsp3) is 0.562. The molecule has 0 spiro atoms. The number of amides is 1. The monoisotopic (exact) mass is 328 g/mol. The molecule has 0 aliphatic heterocycles. The van der Waals surface area contributed by atoms with Gasteiger partial charge in [0.1, 0.15) is 0 Å². The summed E-state index contributed by atoms with van der Waals surface area (Å²) in [6, 6.07) is 5.70. The lowest BCUT2D eigenvalue weighted by Gasteiger charge is -2.33. The largest absolute Gasteiger partial charge is 0.354 e. The van der Waals surface area contributed by atoms with Crippen molar-refractivity contribution in [3.8, 4) is 0 Å². The molecule has 1 aliphatic rings. The van der Waals surface area contributed by atoms with E-state index in [1.807, 2.05) is 18.2 Å². The SMILES string of the molecule is CCC(CC)(CNC(=O)C1(N)CC1)c1ccc(Cl)c(Cl)c1. The molecule has 116 valence electrons. The zero-order chi connectivity index (χ0) is 15.7. The first-order valence-electron chi connectivity index (χ1n) is 7.39. The first kappa shape index (κ1) is 16.6. The Morgan fingerprint density at radius 1 is 1.29 bits per heavy atom. The van der Waals surface area contributed by atoms with Crippen LogP contribution in [0.3, 0.4) is 0 Å². The highest BCUT2D eigenvalue weighted by atomic mass is 35.5. The van der Waals surface area contributed by atoms with Crippen molar-refractivity contribution in [1.82, 2.24) is 5.32 Å². The van der Waals surface area contributed by atoms with Crippen LogP contribution in [0.4, 0.5) is 0 Å². The summed E-state index contributed by atoms with van der Waals surface area (Å²) < 4.78 is 0. The van der Waals surface area contributed by atoms with Crippen LogP contribution >= 0.6 is 23.2 Å². The molecule has 5 heteroatoms. The van der Waals surface area contributed by atoms with E-state index in [-0.39, 0.29) is 11.3 Å². The maximum absolute atomic E-state index is 12.1. The summed E-state index contributed by atoms with van der Waals surface area (Å²) in [6.07, 6.45) is 3.35. The fourth-order valence-electron chi connectivity index (χ4n) is 2.62. The molecule has 0 unspecified atom stereocenters. The molecule has 3 N–H and O–H groups in total. The molecule has 0 saturated heterocycles. The van der Waals surface area contributed by atoms with Gasteiger partial charge in [0.2, 0.25) is 5.91 Å². The van der Waals surface area contributed by atoms with Gasteiger partial charge in [-0.3, -0.25) is 4.79 Å². The molecule has 1 aliphatic carbocycles. The molecule has 1 amide bonds. The molecule has 0 aromatic heterocycles. The Morgan fingerprint density at radius 3 is 2.38 bits per heavy atom. The first-order valence-corrected chi connectivity index (χ1v) is 8.15. The Hall–Kier alpha value is -0.770. The highest BCUT2D eigenvalue weighted by molar-refractivity contribution is 6.42. The number of nitrogens with two attached hydrogens (primary N) is 1. The molecule has 1 saturated carbocycles. The highest BCUT2D eigenvalue weighted by Crippen LogP contribution is 2.36. The lowest BCUT2D eigenvalue weighted by molar-refractivity contribution is -0.123. The van der Waals surface area contributed by atoms with Crippen molar-refractivity contribution in [2.75, 3.05) is 6.54 Å². The van der Waals surface area contributed by atoms with Crippen LogP contribution in [0.25, 0.3) is 0 Å². The smallest absolute Gasteiger partial charge is 0.240 e. The lowest BCUT2D eigenvalue weighted by Crippen LogP contribution is -2.48. The highest BCUT2D eigenvalue weighted by Gasteiger charge is 2.46. The van der Waals surface area contributed by atoms with Crippen LogP contribution in [0.5, 0.6) is 0 Å². The van der Waals surface area contributed by atoms with Crippen LogP contribution in [0, 0.1) is 0 Å². The van der Waals surface area contributed by atoms with Gasteiger partial charge in [-0.15, -0.1) is 0 Å². The molecule has 0 atom stereocenters. The molecule has 1 fully saturated rings. The van der Waals surface area contributed by atoms with Crippen LogP contribution in [-0.4, -0.2) is 18.0 Å². The van der Waals surface area contributed by atoms with Crippen molar-refractivity contribution in [3.05, 3.63) is 33.8 Å². The average molecular weight is 329 g/mol. The summed E-state index contributed by atoms with van der Waals surface area (Å²) in [7, 11) is 0. The van der Waals surface area contributed by atoms with Gasteiger partial charge in [0, 0.05) is 12.0 Å². The molecule has 1 aromatic carbocycles. The third-order valence-corrected chi connectivity index (χ3v) is 5.45. The summed E-state index contributed by atoms with van der Waals surface area (Å²) in [5.74, 6) is -0.0474. The van der Waals surface area contributed by atoms with E-state index in [4.69, 9.17) is 28.9 Å². The Morgan fingerprint density at radius 2 is 1.90 bits per heavy atom. The van der Waals surface area contributed by atoms with Gasteiger partial charge in [0.15, 0.2) is 0 Å². The van der Waals surface area contributed by atoms with Crippen molar-refractivity contribution in [3.63, 3.8) is 0 Å². The molecule has 2 rings (SSSR count). The number of rotatable bonds is 6. The van der Waals surface area contributed by atoms with Crippen LogP contribution < -0.4 is 11.1 Å². The summed E-state index contributed by atoms with van der Waals surface area (Å²) in [4.78, 5) is 12.1. The second-order valence-electron chi connectivity index (χ2n) is 5.96. The second kappa shape index (κ2) is 6.15. The van der Waals surface area contributed by atoms with Crippen LogP contribution in [0.15, 0.2) is 18.2 Å². The molecule has 1 aromatic rings. The van der Waals surface area contributed by atoms with Gasteiger partial charge in [-0.1, -0.05) is 43.1 Å². The van der Waals surface area contributed by atoms with Crippen LogP contribution in [-0.2, 0) is 10.2 Å². The molecular weight excluding hydrogens is 307 g/mol. The molecule has 0 radical (unpaired) electrons. The predicted octanol–water partition coefficient (Wildman–Crippen LogP) is 3.66. The summed E-state index contributed by atoms with van der Waals surface area (Å²) in [6.45, 7) is 4.80. The van der Waals surface area contributed by atoms with Crippen molar-refractivity contribution in [2.24, 2.45) is 5.73 Å². The zero-order valence-corrected chi connectivity index (χ0v) is 14.0. The normalized spacial score (nSPS) is 16.6. The minimum absolute atomic E-state index is 0.0474. The summed E-state index contributed by atoms with van der Waals surface area (Å²) >= 11 is 12.1. The summed E-state index contributed by atoms with van der Waals surface area (Å²) in [5.41, 5.74) is 6.26. The maximum Gasteiger partial charge on any atom is 0.240 e. The topological polar surface area (TPSA) is 55.1 Å². The quantitative estimate of drug-likeness (QED) is 0.837. The number of benzene rings is 1. The third kappa shape index (κ3) is 3.36.